The van der Waals surface area contributed by atoms with Gasteiger partial charge < -0.3 is 16.4 Å². The van der Waals surface area contributed by atoms with Gasteiger partial charge in [-0.2, -0.15) is 0 Å². The zero-order valence-corrected chi connectivity index (χ0v) is 7.31. The highest BCUT2D eigenvalue weighted by Gasteiger charge is 2.19. The van der Waals surface area contributed by atoms with E-state index >= 15 is 0 Å². The summed E-state index contributed by atoms with van der Waals surface area (Å²) in [6, 6.07) is 0. The average molecular weight is 171 g/mol. The highest BCUT2D eigenvalue weighted by atomic mass is 16.1. The van der Waals surface area contributed by atoms with Gasteiger partial charge in [0.05, 0.1) is 5.92 Å². The lowest BCUT2D eigenvalue weighted by atomic mass is 9.99. The number of rotatable bonds is 3. The number of hydrogen-bond donors (Lipinski definition) is 3. The van der Waals surface area contributed by atoms with Crippen LogP contribution in [0.15, 0.2) is 0 Å². The Kier molecular flexibility index (Phi) is 4.04. The van der Waals surface area contributed by atoms with Gasteiger partial charge in [0.2, 0.25) is 5.91 Å². The van der Waals surface area contributed by atoms with Crippen molar-refractivity contribution in [2.45, 2.75) is 12.8 Å². The van der Waals surface area contributed by atoms with Gasteiger partial charge in [-0.25, -0.2) is 0 Å². The smallest absolute Gasteiger partial charge is 0.224 e. The number of nitrogens with two attached hydrogens (primary N) is 1. The molecule has 0 aromatic carbocycles. The van der Waals surface area contributed by atoms with Gasteiger partial charge in [0, 0.05) is 19.6 Å². The van der Waals surface area contributed by atoms with E-state index in [1.165, 1.54) is 0 Å². The van der Waals surface area contributed by atoms with Crippen LogP contribution >= 0.6 is 0 Å². The summed E-state index contributed by atoms with van der Waals surface area (Å²) in [4.78, 5) is 11.4. The fraction of sp³-hybridized carbons (Fsp3) is 0.875. The quantitative estimate of drug-likeness (QED) is 0.513. The Morgan fingerprint density at radius 1 is 1.67 bits per heavy atom. The molecule has 0 radical (unpaired) electrons. The van der Waals surface area contributed by atoms with E-state index in [0.29, 0.717) is 13.1 Å². The Morgan fingerprint density at radius 3 is 3.08 bits per heavy atom. The summed E-state index contributed by atoms with van der Waals surface area (Å²) >= 11 is 0. The molecule has 0 aromatic heterocycles. The van der Waals surface area contributed by atoms with Gasteiger partial charge in [-0.05, 0) is 19.4 Å². The highest BCUT2D eigenvalue weighted by Crippen LogP contribution is 2.09. The lowest BCUT2D eigenvalue weighted by Gasteiger charge is -2.21. The zero-order valence-electron chi connectivity index (χ0n) is 7.31. The molecule has 0 aromatic rings. The molecule has 1 amide bonds. The molecule has 4 nitrogen and oxygen atoms in total. The van der Waals surface area contributed by atoms with Gasteiger partial charge in [0.15, 0.2) is 0 Å². The summed E-state index contributed by atoms with van der Waals surface area (Å²) in [7, 11) is 0. The van der Waals surface area contributed by atoms with Gasteiger partial charge in [-0.1, -0.05) is 0 Å². The lowest BCUT2D eigenvalue weighted by Crippen LogP contribution is -2.41. The van der Waals surface area contributed by atoms with Crippen molar-refractivity contribution in [3.63, 3.8) is 0 Å². The molecule has 0 spiro atoms. The third-order valence-electron chi connectivity index (χ3n) is 2.11. The van der Waals surface area contributed by atoms with Crippen molar-refractivity contribution in [2.75, 3.05) is 26.2 Å². The van der Waals surface area contributed by atoms with E-state index in [4.69, 9.17) is 5.73 Å². The maximum absolute atomic E-state index is 11.4. The van der Waals surface area contributed by atoms with E-state index in [1.807, 2.05) is 0 Å². The molecule has 0 aliphatic carbocycles. The summed E-state index contributed by atoms with van der Waals surface area (Å²) < 4.78 is 0. The molecule has 0 bridgehead atoms. The summed E-state index contributed by atoms with van der Waals surface area (Å²) in [5.41, 5.74) is 5.28. The molecule has 0 saturated carbocycles. The van der Waals surface area contributed by atoms with E-state index in [2.05, 4.69) is 10.6 Å². The molecule has 4 N–H and O–H groups in total. The fourth-order valence-electron chi connectivity index (χ4n) is 1.42. The summed E-state index contributed by atoms with van der Waals surface area (Å²) in [5, 5.41) is 6.00. The van der Waals surface area contributed by atoms with Crippen molar-refractivity contribution in [3.8, 4) is 0 Å². The summed E-state index contributed by atoms with van der Waals surface area (Å²) in [6.07, 6.45) is 2.10. The molecule has 1 fully saturated rings. The Balaban J connectivity index is 2.20. The molecule has 1 atom stereocenters. The van der Waals surface area contributed by atoms with Crippen LogP contribution in [0, 0.1) is 5.92 Å². The minimum atomic E-state index is 0.146. The molecule has 1 rings (SSSR count). The van der Waals surface area contributed by atoms with Crippen molar-refractivity contribution in [2.24, 2.45) is 11.7 Å². The summed E-state index contributed by atoms with van der Waals surface area (Å²) in [5.74, 6) is 0.304. The molecule has 70 valence electrons. The monoisotopic (exact) mass is 171 g/mol. The van der Waals surface area contributed by atoms with E-state index < -0.39 is 0 Å². The first-order valence-corrected chi connectivity index (χ1v) is 4.53. The third-order valence-corrected chi connectivity index (χ3v) is 2.11. The summed E-state index contributed by atoms with van der Waals surface area (Å²) in [6.45, 7) is 2.97. The molecule has 1 aliphatic rings. The van der Waals surface area contributed by atoms with Crippen molar-refractivity contribution in [1.29, 1.82) is 0 Å². The van der Waals surface area contributed by atoms with Crippen LogP contribution < -0.4 is 16.4 Å². The molecule has 1 aliphatic heterocycles. The molecule has 1 heterocycles. The minimum Gasteiger partial charge on any atom is -0.355 e. The normalized spacial score (nSPS) is 23.6. The molecule has 12 heavy (non-hydrogen) atoms. The van der Waals surface area contributed by atoms with Crippen LogP contribution in [0.25, 0.3) is 0 Å². The first-order valence-electron chi connectivity index (χ1n) is 4.53. The molecule has 1 saturated heterocycles. The van der Waals surface area contributed by atoms with Gasteiger partial charge in [0.25, 0.3) is 0 Å². The first-order chi connectivity index (χ1) is 5.84. The largest absolute Gasteiger partial charge is 0.355 e. The number of carbonyl (C=O) groups is 1. The van der Waals surface area contributed by atoms with Crippen molar-refractivity contribution in [1.82, 2.24) is 10.6 Å². The van der Waals surface area contributed by atoms with E-state index in [9.17, 15) is 4.79 Å². The zero-order chi connectivity index (χ0) is 8.81. The number of piperidine rings is 1. The number of hydrogen-bond acceptors (Lipinski definition) is 3. The van der Waals surface area contributed by atoms with Crippen LogP contribution in [-0.4, -0.2) is 32.1 Å². The Bertz CT molecular complexity index is 143. The van der Waals surface area contributed by atoms with Gasteiger partial charge in [-0.15, -0.1) is 0 Å². The van der Waals surface area contributed by atoms with Crippen LogP contribution in [0.4, 0.5) is 0 Å². The van der Waals surface area contributed by atoms with Crippen LogP contribution in [0.5, 0.6) is 0 Å². The van der Waals surface area contributed by atoms with Gasteiger partial charge >= 0.3 is 0 Å². The number of nitrogens with one attached hydrogen (secondary N) is 2. The van der Waals surface area contributed by atoms with Crippen molar-refractivity contribution < 1.29 is 4.79 Å². The van der Waals surface area contributed by atoms with Gasteiger partial charge in [0.1, 0.15) is 0 Å². The maximum Gasteiger partial charge on any atom is 0.224 e. The first kappa shape index (κ1) is 9.48. The second-order valence-corrected chi connectivity index (χ2v) is 3.12. The van der Waals surface area contributed by atoms with Crippen LogP contribution in [0.1, 0.15) is 12.8 Å². The molecule has 1 unspecified atom stereocenters. The van der Waals surface area contributed by atoms with Crippen molar-refractivity contribution in [3.05, 3.63) is 0 Å². The second-order valence-electron chi connectivity index (χ2n) is 3.12. The number of carbonyl (C=O) groups excluding carboxylic acids is 1. The van der Waals surface area contributed by atoms with Crippen LogP contribution in [0.3, 0.4) is 0 Å². The van der Waals surface area contributed by atoms with Crippen LogP contribution in [-0.2, 0) is 4.79 Å². The molecular weight excluding hydrogens is 154 g/mol. The lowest BCUT2D eigenvalue weighted by molar-refractivity contribution is -0.125. The topological polar surface area (TPSA) is 67.1 Å². The van der Waals surface area contributed by atoms with E-state index in [-0.39, 0.29) is 11.8 Å². The SMILES string of the molecule is NCCNC(=O)C1CCCNC1. The maximum atomic E-state index is 11.4. The fourth-order valence-corrected chi connectivity index (χ4v) is 1.42. The highest BCUT2D eigenvalue weighted by molar-refractivity contribution is 5.78. The van der Waals surface area contributed by atoms with E-state index in [0.717, 1.165) is 25.9 Å². The minimum absolute atomic E-state index is 0.146. The predicted molar refractivity (Wildman–Crippen MR) is 47.7 cm³/mol. The number of amides is 1. The Morgan fingerprint density at radius 2 is 2.50 bits per heavy atom. The van der Waals surface area contributed by atoms with Crippen LogP contribution in [0.2, 0.25) is 0 Å². The Hall–Kier alpha value is -0.610. The standard InChI is InChI=1S/C8H17N3O/c9-3-5-11-8(12)7-2-1-4-10-6-7/h7,10H,1-6,9H2,(H,11,12). The molecular formula is C8H17N3O. The third kappa shape index (κ3) is 2.79. The molecule has 4 heteroatoms. The predicted octanol–water partition coefficient (Wildman–Crippen LogP) is -0.939. The van der Waals surface area contributed by atoms with E-state index in [1.54, 1.807) is 0 Å². The average Bonchev–Trinajstić information content (AvgIpc) is 2.15. The van der Waals surface area contributed by atoms with Gasteiger partial charge in [-0.3, -0.25) is 4.79 Å². The second kappa shape index (κ2) is 5.11. The van der Waals surface area contributed by atoms with Crippen molar-refractivity contribution >= 4 is 5.91 Å². The Labute approximate surface area is 72.9 Å².